The number of rotatable bonds is 6. The van der Waals surface area contributed by atoms with Gasteiger partial charge in [-0.15, -0.1) is 0 Å². The number of hydrogen-bond donors (Lipinski definition) is 0. The molecular formula is C25H28N6. The van der Waals surface area contributed by atoms with Gasteiger partial charge in [-0.3, -0.25) is 4.98 Å². The van der Waals surface area contributed by atoms with E-state index in [0.717, 1.165) is 60.3 Å². The average molecular weight is 413 g/mol. The van der Waals surface area contributed by atoms with Gasteiger partial charge < -0.3 is 9.30 Å². The third-order valence-corrected chi connectivity index (χ3v) is 5.91. The molecule has 1 saturated heterocycles. The number of anilines is 1. The van der Waals surface area contributed by atoms with Crippen LogP contribution in [0.2, 0.25) is 0 Å². The van der Waals surface area contributed by atoms with E-state index >= 15 is 0 Å². The summed E-state index contributed by atoms with van der Waals surface area (Å²) in [6.07, 6.45) is 12.0. The van der Waals surface area contributed by atoms with Gasteiger partial charge in [0.2, 0.25) is 0 Å². The van der Waals surface area contributed by atoms with Crippen molar-refractivity contribution in [1.82, 2.24) is 24.3 Å². The molecule has 1 aliphatic heterocycles. The highest BCUT2D eigenvalue weighted by molar-refractivity contribution is 5.45. The lowest BCUT2D eigenvalue weighted by Gasteiger charge is -2.28. The summed E-state index contributed by atoms with van der Waals surface area (Å²) in [7, 11) is 0. The van der Waals surface area contributed by atoms with E-state index in [2.05, 4.69) is 59.4 Å². The summed E-state index contributed by atoms with van der Waals surface area (Å²) < 4.78 is 2.03. The van der Waals surface area contributed by atoms with Crippen LogP contribution in [0.25, 0.3) is 5.65 Å². The molecule has 0 N–H and O–H groups in total. The summed E-state index contributed by atoms with van der Waals surface area (Å²) in [4.78, 5) is 21.5. The normalized spacial score (nSPS) is 14.3. The van der Waals surface area contributed by atoms with Gasteiger partial charge >= 0.3 is 0 Å². The molecule has 4 aromatic rings. The lowest BCUT2D eigenvalue weighted by atomic mass is 10.1. The highest BCUT2D eigenvalue weighted by atomic mass is 15.2. The monoisotopic (exact) mass is 412 g/mol. The zero-order valence-electron chi connectivity index (χ0n) is 18.0. The molecule has 5 heterocycles. The Kier molecular flexibility index (Phi) is 5.61. The number of aromatic nitrogens is 5. The molecule has 31 heavy (non-hydrogen) atoms. The van der Waals surface area contributed by atoms with Crippen LogP contribution in [0.4, 0.5) is 5.82 Å². The minimum absolute atomic E-state index is 0.655. The van der Waals surface area contributed by atoms with Crippen LogP contribution in [0.5, 0.6) is 0 Å². The molecule has 0 unspecified atom stereocenters. The summed E-state index contributed by atoms with van der Waals surface area (Å²) in [6.45, 7) is 4.27. The molecule has 1 fully saturated rings. The average Bonchev–Trinajstić information content (AvgIpc) is 3.27. The highest BCUT2D eigenvalue weighted by Gasteiger charge is 2.16. The van der Waals surface area contributed by atoms with Crippen molar-refractivity contribution in [3.8, 4) is 0 Å². The van der Waals surface area contributed by atoms with Crippen LogP contribution in [0, 0.1) is 0 Å². The number of imidazole rings is 1. The Hall–Kier alpha value is -3.28. The Bertz CT molecular complexity index is 1180. The fraction of sp³-hybridized carbons (Fsp3) is 0.360. The van der Waals surface area contributed by atoms with Gasteiger partial charge in [-0.05, 0) is 55.5 Å². The van der Waals surface area contributed by atoms with E-state index in [1.165, 1.54) is 24.8 Å². The van der Waals surface area contributed by atoms with Crippen molar-refractivity contribution in [3.63, 3.8) is 0 Å². The van der Waals surface area contributed by atoms with E-state index < -0.39 is 0 Å². The van der Waals surface area contributed by atoms with Crippen molar-refractivity contribution < 1.29 is 0 Å². The predicted octanol–water partition coefficient (Wildman–Crippen LogP) is 4.25. The van der Waals surface area contributed by atoms with Crippen molar-refractivity contribution in [2.75, 3.05) is 18.0 Å². The lowest BCUT2D eigenvalue weighted by Crippen LogP contribution is -2.30. The summed E-state index contributed by atoms with van der Waals surface area (Å²) >= 11 is 0. The molecule has 0 atom stereocenters. The molecule has 6 nitrogen and oxygen atoms in total. The van der Waals surface area contributed by atoms with E-state index in [9.17, 15) is 0 Å². The Morgan fingerprint density at radius 1 is 0.839 bits per heavy atom. The van der Waals surface area contributed by atoms with Gasteiger partial charge in [0.25, 0.3) is 0 Å². The van der Waals surface area contributed by atoms with E-state index in [1.807, 2.05) is 16.8 Å². The van der Waals surface area contributed by atoms with Crippen molar-refractivity contribution in [1.29, 1.82) is 0 Å². The molecule has 0 aliphatic carbocycles. The minimum atomic E-state index is 0.655. The first-order valence-electron chi connectivity index (χ1n) is 11.2. The molecule has 158 valence electrons. The van der Waals surface area contributed by atoms with Gasteiger partial charge in [0.05, 0.1) is 12.1 Å². The minimum Gasteiger partial charge on any atom is -0.357 e. The largest absolute Gasteiger partial charge is 0.357 e. The van der Waals surface area contributed by atoms with Crippen molar-refractivity contribution in [2.45, 2.75) is 45.4 Å². The molecule has 0 aromatic carbocycles. The smallest absolute Gasteiger partial charge is 0.136 e. The predicted molar refractivity (Wildman–Crippen MR) is 123 cm³/mol. The van der Waals surface area contributed by atoms with Crippen LogP contribution in [-0.2, 0) is 19.3 Å². The van der Waals surface area contributed by atoms with Crippen molar-refractivity contribution in [2.24, 2.45) is 0 Å². The Balaban J connectivity index is 1.47. The number of aryl methyl sites for hydroxylation is 1. The lowest BCUT2D eigenvalue weighted by molar-refractivity contribution is 0.571. The van der Waals surface area contributed by atoms with Gasteiger partial charge in [-0.2, -0.15) is 0 Å². The molecule has 0 bridgehead atoms. The third-order valence-electron chi connectivity index (χ3n) is 5.91. The summed E-state index contributed by atoms with van der Waals surface area (Å²) in [6, 6.07) is 12.7. The first-order valence-corrected chi connectivity index (χ1v) is 11.2. The van der Waals surface area contributed by atoms with Crippen LogP contribution in [-0.4, -0.2) is 37.4 Å². The van der Waals surface area contributed by atoms with E-state index in [-0.39, 0.29) is 0 Å². The maximum absolute atomic E-state index is 4.95. The molecular weight excluding hydrogens is 384 g/mol. The molecule has 0 saturated carbocycles. The number of hydrogen-bond acceptors (Lipinski definition) is 5. The van der Waals surface area contributed by atoms with Crippen LogP contribution in [0.3, 0.4) is 0 Å². The quantitative estimate of drug-likeness (QED) is 0.474. The highest BCUT2D eigenvalue weighted by Crippen LogP contribution is 2.21. The fourth-order valence-electron chi connectivity index (χ4n) is 4.25. The SMILES string of the molecule is CCc1cccc(Cc2nc(Cc3ccn4ccnc4c3)cc(N3CCCCC3)n2)n1. The maximum atomic E-state index is 4.95. The number of fused-ring (bicyclic) bond motifs is 1. The molecule has 0 radical (unpaired) electrons. The van der Waals surface area contributed by atoms with Crippen LogP contribution < -0.4 is 4.90 Å². The van der Waals surface area contributed by atoms with Crippen molar-refractivity contribution in [3.05, 3.63) is 83.5 Å². The van der Waals surface area contributed by atoms with Gasteiger partial charge in [-0.1, -0.05) is 13.0 Å². The summed E-state index contributed by atoms with van der Waals surface area (Å²) in [5.74, 6) is 1.90. The van der Waals surface area contributed by atoms with Gasteiger partial charge in [0.15, 0.2) is 0 Å². The van der Waals surface area contributed by atoms with Gasteiger partial charge in [0, 0.05) is 55.6 Å². The second-order valence-corrected chi connectivity index (χ2v) is 8.24. The molecule has 0 amide bonds. The fourth-order valence-corrected chi connectivity index (χ4v) is 4.25. The van der Waals surface area contributed by atoms with Gasteiger partial charge in [0.1, 0.15) is 17.3 Å². The molecule has 5 rings (SSSR count). The van der Waals surface area contributed by atoms with Crippen LogP contribution in [0.15, 0.2) is 55.0 Å². The molecule has 0 spiro atoms. The summed E-state index contributed by atoms with van der Waals surface area (Å²) in [5.41, 5.74) is 5.36. The second-order valence-electron chi connectivity index (χ2n) is 8.24. The molecule has 4 aromatic heterocycles. The van der Waals surface area contributed by atoms with E-state index in [1.54, 1.807) is 0 Å². The summed E-state index contributed by atoms with van der Waals surface area (Å²) in [5, 5.41) is 0. The molecule has 6 heteroatoms. The standard InChI is InChI=1S/C25H28N6/c1-2-20-7-6-8-21(27-20)17-23-28-22(18-25(29-23)30-11-4-3-5-12-30)15-19-9-13-31-14-10-26-24(31)16-19/h6-10,13-14,16,18H,2-5,11-12,15,17H2,1H3. The first kappa shape index (κ1) is 19.7. The second kappa shape index (κ2) is 8.84. The van der Waals surface area contributed by atoms with Gasteiger partial charge in [-0.25, -0.2) is 15.0 Å². The first-order chi connectivity index (χ1) is 15.3. The Labute approximate surface area is 183 Å². The molecule has 1 aliphatic rings. The zero-order chi connectivity index (χ0) is 21.0. The van der Waals surface area contributed by atoms with Crippen molar-refractivity contribution >= 4 is 11.5 Å². The van der Waals surface area contributed by atoms with E-state index in [4.69, 9.17) is 15.0 Å². The number of nitrogens with zero attached hydrogens (tertiary/aromatic N) is 6. The Morgan fingerprint density at radius 3 is 2.58 bits per heavy atom. The number of pyridine rings is 2. The van der Waals surface area contributed by atoms with Crippen LogP contribution in [0.1, 0.15) is 54.7 Å². The number of piperidine rings is 1. The Morgan fingerprint density at radius 2 is 1.71 bits per heavy atom. The zero-order valence-corrected chi connectivity index (χ0v) is 18.0. The van der Waals surface area contributed by atoms with E-state index in [0.29, 0.717) is 6.42 Å². The third kappa shape index (κ3) is 4.58. The maximum Gasteiger partial charge on any atom is 0.136 e. The topological polar surface area (TPSA) is 59.2 Å². The van der Waals surface area contributed by atoms with Crippen LogP contribution >= 0.6 is 0 Å².